The summed E-state index contributed by atoms with van der Waals surface area (Å²) in [6.07, 6.45) is 0. The highest BCUT2D eigenvalue weighted by atomic mass is 16.7. The highest BCUT2D eigenvalue weighted by molar-refractivity contribution is 5.49. The predicted octanol–water partition coefficient (Wildman–Crippen LogP) is 1.46. The minimum absolute atomic E-state index is 0.195. The maximum absolute atomic E-state index is 5.55. The summed E-state index contributed by atoms with van der Waals surface area (Å²) in [6, 6.07) is 6.55. The smallest absolute Gasteiger partial charge is 0.231 e. The monoisotopic (exact) mass is 221 g/mol. The molecule has 2 atom stereocenters. The number of benzene rings is 1. The second-order valence-electron chi connectivity index (χ2n) is 4.24. The molecule has 16 heavy (non-hydrogen) atoms. The Balaban J connectivity index is 1.91. The molecule has 0 bridgehead atoms. The lowest BCUT2D eigenvalue weighted by atomic mass is 10.0. The average molecular weight is 221 g/mol. The molecule has 0 amide bonds. The molecule has 4 nitrogen and oxygen atoms in total. The van der Waals surface area contributed by atoms with Crippen LogP contribution in [0.2, 0.25) is 0 Å². The van der Waals surface area contributed by atoms with Gasteiger partial charge in [-0.25, -0.2) is 0 Å². The van der Waals surface area contributed by atoms with E-state index in [1.807, 2.05) is 12.1 Å². The van der Waals surface area contributed by atoms with Crippen LogP contribution in [-0.4, -0.2) is 26.0 Å². The number of para-hydroxylation sites is 1. The first-order valence-corrected chi connectivity index (χ1v) is 5.57. The van der Waals surface area contributed by atoms with Crippen LogP contribution in [0.4, 0.5) is 0 Å². The van der Waals surface area contributed by atoms with Crippen LogP contribution in [0.3, 0.4) is 0 Å². The summed E-state index contributed by atoms with van der Waals surface area (Å²) in [5.74, 6) is 1.69. The van der Waals surface area contributed by atoms with Gasteiger partial charge in [-0.3, -0.25) is 0 Å². The molecule has 0 aliphatic carbocycles. The maximum atomic E-state index is 5.55. The van der Waals surface area contributed by atoms with E-state index in [-0.39, 0.29) is 6.04 Å². The van der Waals surface area contributed by atoms with Gasteiger partial charge in [-0.1, -0.05) is 12.1 Å². The predicted molar refractivity (Wildman–Crippen MR) is 58.7 cm³/mol. The Bertz CT molecular complexity index is 394. The zero-order valence-corrected chi connectivity index (χ0v) is 9.23. The van der Waals surface area contributed by atoms with E-state index in [4.69, 9.17) is 14.2 Å². The quantitative estimate of drug-likeness (QED) is 0.779. The summed E-state index contributed by atoms with van der Waals surface area (Å²) < 4.78 is 16.4. The van der Waals surface area contributed by atoms with Crippen molar-refractivity contribution in [3.63, 3.8) is 0 Å². The van der Waals surface area contributed by atoms with E-state index in [0.29, 0.717) is 19.4 Å². The molecular weight excluding hydrogens is 206 g/mol. The van der Waals surface area contributed by atoms with Gasteiger partial charge in [0.2, 0.25) is 6.79 Å². The first kappa shape index (κ1) is 9.93. The topological polar surface area (TPSA) is 39.7 Å². The molecule has 0 spiro atoms. The zero-order chi connectivity index (χ0) is 11.0. The largest absolute Gasteiger partial charge is 0.454 e. The molecule has 0 aromatic heterocycles. The van der Waals surface area contributed by atoms with Crippen LogP contribution >= 0.6 is 0 Å². The Hall–Kier alpha value is -1.26. The van der Waals surface area contributed by atoms with Crippen molar-refractivity contribution in [1.82, 2.24) is 5.32 Å². The summed E-state index contributed by atoms with van der Waals surface area (Å²) in [7, 11) is 0. The van der Waals surface area contributed by atoms with Gasteiger partial charge in [0.05, 0.1) is 19.3 Å². The van der Waals surface area contributed by atoms with E-state index in [0.717, 1.165) is 23.7 Å². The van der Waals surface area contributed by atoms with E-state index in [9.17, 15) is 0 Å². The average Bonchev–Trinajstić information content (AvgIpc) is 2.76. The number of hydrogen-bond acceptors (Lipinski definition) is 4. The number of hydrogen-bond donors (Lipinski definition) is 1. The van der Waals surface area contributed by atoms with Crippen LogP contribution in [0.25, 0.3) is 0 Å². The fourth-order valence-electron chi connectivity index (χ4n) is 2.21. The van der Waals surface area contributed by atoms with Crippen LogP contribution in [0.5, 0.6) is 11.5 Å². The van der Waals surface area contributed by atoms with Crippen molar-refractivity contribution < 1.29 is 14.2 Å². The van der Waals surface area contributed by atoms with Gasteiger partial charge in [0.25, 0.3) is 0 Å². The Morgan fingerprint density at radius 2 is 2.19 bits per heavy atom. The Labute approximate surface area is 94.5 Å². The minimum atomic E-state index is 0.195. The molecule has 1 fully saturated rings. The standard InChI is InChI=1S/C12H15NO3/c1-8-5-14-6-10(13-8)9-3-2-4-11-12(9)16-7-15-11/h2-4,8,10,13H,5-7H2,1H3. The fraction of sp³-hybridized carbons (Fsp3) is 0.500. The SMILES string of the molecule is CC1COCC(c2cccc3c2OCO3)N1. The number of fused-ring (bicyclic) bond motifs is 1. The van der Waals surface area contributed by atoms with Crippen molar-refractivity contribution >= 4 is 0 Å². The molecule has 86 valence electrons. The van der Waals surface area contributed by atoms with Gasteiger partial charge in [0.1, 0.15) is 0 Å². The fourth-order valence-corrected chi connectivity index (χ4v) is 2.21. The number of rotatable bonds is 1. The first-order valence-electron chi connectivity index (χ1n) is 5.57. The molecular formula is C12H15NO3. The molecule has 2 aliphatic heterocycles. The van der Waals surface area contributed by atoms with Crippen molar-refractivity contribution in [2.24, 2.45) is 0 Å². The number of nitrogens with one attached hydrogen (secondary N) is 1. The van der Waals surface area contributed by atoms with Gasteiger partial charge in [-0.2, -0.15) is 0 Å². The summed E-state index contributed by atoms with van der Waals surface area (Å²) in [4.78, 5) is 0. The molecule has 1 saturated heterocycles. The van der Waals surface area contributed by atoms with Crippen molar-refractivity contribution in [3.05, 3.63) is 23.8 Å². The number of morpholine rings is 1. The van der Waals surface area contributed by atoms with Crippen molar-refractivity contribution in [3.8, 4) is 11.5 Å². The molecule has 4 heteroatoms. The van der Waals surface area contributed by atoms with E-state index in [2.05, 4.69) is 18.3 Å². The van der Waals surface area contributed by atoms with Crippen molar-refractivity contribution in [1.29, 1.82) is 0 Å². The third-order valence-corrected chi connectivity index (χ3v) is 2.94. The Morgan fingerprint density at radius 1 is 1.25 bits per heavy atom. The lowest BCUT2D eigenvalue weighted by Gasteiger charge is -2.29. The van der Waals surface area contributed by atoms with Crippen LogP contribution in [0.1, 0.15) is 18.5 Å². The molecule has 2 unspecified atom stereocenters. The molecule has 3 rings (SSSR count). The summed E-state index contributed by atoms with van der Waals surface area (Å²) in [5, 5.41) is 3.50. The number of ether oxygens (including phenoxy) is 3. The molecule has 2 heterocycles. The van der Waals surface area contributed by atoms with Gasteiger partial charge in [0, 0.05) is 11.6 Å². The Kier molecular flexibility index (Phi) is 2.46. The van der Waals surface area contributed by atoms with E-state index in [1.165, 1.54) is 0 Å². The van der Waals surface area contributed by atoms with Gasteiger partial charge in [-0.05, 0) is 13.0 Å². The van der Waals surface area contributed by atoms with Gasteiger partial charge in [0.15, 0.2) is 11.5 Å². The Morgan fingerprint density at radius 3 is 3.06 bits per heavy atom. The second-order valence-corrected chi connectivity index (χ2v) is 4.24. The van der Waals surface area contributed by atoms with E-state index < -0.39 is 0 Å². The molecule has 1 aromatic carbocycles. The third-order valence-electron chi connectivity index (χ3n) is 2.94. The molecule has 1 N–H and O–H groups in total. The highest BCUT2D eigenvalue weighted by Gasteiger charge is 2.26. The zero-order valence-electron chi connectivity index (χ0n) is 9.23. The van der Waals surface area contributed by atoms with Crippen LogP contribution in [0.15, 0.2) is 18.2 Å². The van der Waals surface area contributed by atoms with E-state index in [1.54, 1.807) is 0 Å². The van der Waals surface area contributed by atoms with Gasteiger partial charge < -0.3 is 19.5 Å². The highest BCUT2D eigenvalue weighted by Crippen LogP contribution is 2.38. The second kappa shape index (κ2) is 3.96. The molecule has 1 aromatic rings. The van der Waals surface area contributed by atoms with Crippen LogP contribution < -0.4 is 14.8 Å². The minimum Gasteiger partial charge on any atom is -0.454 e. The third kappa shape index (κ3) is 1.64. The van der Waals surface area contributed by atoms with Crippen molar-refractivity contribution in [2.45, 2.75) is 19.0 Å². The molecule has 0 saturated carbocycles. The summed E-state index contributed by atoms with van der Waals surface area (Å²) in [6.45, 7) is 3.88. The van der Waals surface area contributed by atoms with Crippen molar-refractivity contribution in [2.75, 3.05) is 20.0 Å². The molecule has 2 aliphatic rings. The van der Waals surface area contributed by atoms with E-state index >= 15 is 0 Å². The lowest BCUT2D eigenvalue weighted by Crippen LogP contribution is -2.41. The van der Waals surface area contributed by atoms with Gasteiger partial charge >= 0.3 is 0 Å². The maximum Gasteiger partial charge on any atom is 0.231 e. The van der Waals surface area contributed by atoms with Gasteiger partial charge in [-0.15, -0.1) is 0 Å². The summed E-state index contributed by atoms with van der Waals surface area (Å²) >= 11 is 0. The van der Waals surface area contributed by atoms with Crippen LogP contribution in [0, 0.1) is 0 Å². The molecule has 0 radical (unpaired) electrons. The first-order chi connectivity index (χ1) is 7.84. The lowest BCUT2D eigenvalue weighted by molar-refractivity contribution is 0.0494. The van der Waals surface area contributed by atoms with Crippen LogP contribution in [-0.2, 0) is 4.74 Å². The summed E-state index contributed by atoms with van der Waals surface area (Å²) in [5.41, 5.74) is 1.13. The normalized spacial score (nSPS) is 28.1.